The van der Waals surface area contributed by atoms with Gasteiger partial charge in [-0.25, -0.2) is 0 Å². The molecule has 0 bridgehead atoms. The zero-order chi connectivity index (χ0) is 9.10. The third kappa shape index (κ3) is 1.59. The Labute approximate surface area is 76.5 Å². The fourth-order valence-corrected chi connectivity index (χ4v) is 1.10. The van der Waals surface area contributed by atoms with Crippen molar-refractivity contribution in [3.63, 3.8) is 0 Å². The Balaban J connectivity index is 2.20. The van der Waals surface area contributed by atoms with Gasteiger partial charge < -0.3 is 14.2 Å². The van der Waals surface area contributed by atoms with Crippen LogP contribution in [0.3, 0.4) is 0 Å². The van der Waals surface area contributed by atoms with Crippen molar-refractivity contribution in [2.75, 3.05) is 6.79 Å². The molecule has 0 unspecified atom stereocenters. The molecule has 0 N–H and O–H groups in total. The van der Waals surface area contributed by atoms with Gasteiger partial charge in [-0.05, 0) is 19.1 Å². The Kier molecular flexibility index (Phi) is 2.08. The molecule has 13 heavy (non-hydrogen) atoms. The first-order valence-electron chi connectivity index (χ1n) is 4.07. The van der Waals surface area contributed by atoms with Crippen molar-refractivity contribution in [1.29, 1.82) is 0 Å². The number of rotatable bonds is 2. The molecule has 1 aliphatic rings. The Morgan fingerprint density at radius 2 is 2.15 bits per heavy atom. The largest absolute Gasteiger partial charge is 0.465 e. The van der Waals surface area contributed by atoms with Gasteiger partial charge >= 0.3 is 0 Å². The van der Waals surface area contributed by atoms with E-state index in [1.807, 2.05) is 31.2 Å². The van der Waals surface area contributed by atoms with E-state index in [0.717, 1.165) is 17.2 Å². The van der Waals surface area contributed by atoms with E-state index in [2.05, 4.69) is 0 Å². The topological polar surface area (TPSA) is 27.7 Å². The third-order valence-corrected chi connectivity index (χ3v) is 1.68. The van der Waals surface area contributed by atoms with Crippen LogP contribution in [0.15, 0.2) is 30.5 Å². The van der Waals surface area contributed by atoms with Crippen LogP contribution < -0.4 is 14.2 Å². The summed E-state index contributed by atoms with van der Waals surface area (Å²) in [4.78, 5) is 0. The number of allylic oxidation sites excluding steroid dienone is 1. The molecule has 1 aromatic rings. The maximum Gasteiger partial charge on any atom is 0.231 e. The molecule has 0 saturated heterocycles. The first-order valence-corrected chi connectivity index (χ1v) is 4.07. The molecule has 68 valence electrons. The van der Waals surface area contributed by atoms with Gasteiger partial charge in [0.1, 0.15) is 5.75 Å². The molecule has 0 fully saturated rings. The van der Waals surface area contributed by atoms with Gasteiger partial charge in [0.2, 0.25) is 6.79 Å². The number of benzene rings is 1. The first-order chi connectivity index (χ1) is 6.40. The lowest BCUT2D eigenvalue weighted by Gasteiger charge is -2.00. The summed E-state index contributed by atoms with van der Waals surface area (Å²) in [5.41, 5.74) is 0. The Hall–Kier alpha value is -1.64. The highest BCUT2D eigenvalue weighted by molar-refractivity contribution is 5.47. The fraction of sp³-hybridized carbons (Fsp3) is 0.200. The second kappa shape index (κ2) is 3.39. The summed E-state index contributed by atoms with van der Waals surface area (Å²) in [7, 11) is 0. The van der Waals surface area contributed by atoms with E-state index in [0.29, 0.717) is 6.79 Å². The van der Waals surface area contributed by atoms with Crippen molar-refractivity contribution in [2.24, 2.45) is 0 Å². The van der Waals surface area contributed by atoms with Crippen LogP contribution in [0.1, 0.15) is 6.92 Å². The highest BCUT2D eigenvalue weighted by Crippen LogP contribution is 2.35. The third-order valence-electron chi connectivity index (χ3n) is 1.68. The first kappa shape index (κ1) is 7.98. The second-order valence-corrected chi connectivity index (χ2v) is 2.60. The number of fused-ring (bicyclic) bond motifs is 1. The lowest BCUT2D eigenvalue weighted by molar-refractivity contribution is 0.174. The molecule has 1 aromatic carbocycles. The lowest BCUT2D eigenvalue weighted by atomic mass is 10.3. The zero-order valence-corrected chi connectivity index (χ0v) is 7.32. The summed E-state index contributed by atoms with van der Waals surface area (Å²) in [5, 5.41) is 0. The van der Waals surface area contributed by atoms with Crippen LogP contribution in [0.25, 0.3) is 0 Å². The van der Waals surface area contributed by atoms with Gasteiger partial charge in [-0.15, -0.1) is 0 Å². The molecule has 3 nitrogen and oxygen atoms in total. The molecule has 3 heteroatoms. The summed E-state index contributed by atoms with van der Waals surface area (Å²) in [5.74, 6) is 2.26. The minimum atomic E-state index is 0.294. The molecule has 0 atom stereocenters. The highest BCUT2D eigenvalue weighted by atomic mass is 16.7. The van der Waals surface area contributed by atoms with Gasteiger partial charge in [-0.2, -0.15) is 0 Å². The molecular formula is C10H10O3. The minimum absolute atomic E-state index is 0.294. The molecule has 0 aliphatic carbocycles. The van der Waals surface area contributed by atoms with Crippen LogP contribution >= 0.6 is 0 Å². The monoisotopic (exact) mass is 178 g/mol. The van der Waals surface area contributed by atoms with E-state index in [1.165, 1.54) is 0 Å². The van der Waals surface area contributed by atoms with Gasteiger partial charge in [0.15, 0.2) is 11.5 Å². The fourth-order valence-electron chi connectivity index (χ4n) is 1.10. The summed E-state index contributed by atoms with van der Waals surface area (Å²) in [6.45, 7) is 2.19. The van der Waals surface area contributed by atoms with Crippen LogP contribution in [0.2, 0.25) is 0 Å². The van der Waals surface area contributed by atoms with E-state index in [-0.39, 0.29) is 0 Å². The number of hydrogen-bond acceptors (Lipinski definition) is 3. The molecule has 0 aromatic heterocycles. The van der Waals surface area contributed by atoms with Crippen LogP contribution in [-0.2, 0) is 0 Å². The van der Waals surface area contributed by atoms with Crippen LogP contribution in [0.4, 0.5) is 0 Å². The van der Waals surface area contributed by atoms with Gasteiger partial charge in [-0.1, -0.05) is 6.08 Å². The predicted molar refractivity (Wildman–Crippen MR) is 48.0 cm³/mol. The smallest absolute Gasteiger partial charge is 0.231 e. The second-order valence-electron chi connectivity index (χ2n) is 2.60. The summed E-state index contributed by atoms with van der Waals surface area (Å²) in [6.07, 6.45) is 3.45. The summed E-state index contributed by atoms with van der Waals surface area (Å²) in [6, 6.07) is 5.48. The molecule has 2 rings (SSSR count). The lowest BCUT2D eigenvalue weighted by Crippen LogP contribution is -1.92. The van der Waals surface area contributed by atoms with E-state index < -0.39 is 0 Å². The maximum absolute atomic E-state index is 5.26. The standard InChI is InChI=1S/C10H10O3/c1-2-5-11-8-3-4-9-10(6-8)13-7-12-9/h2-6H,7H2,1H3/b5-2-. The van der Waals surface area contributed by atoms with Crippen molar-refractivity contribution >= 4 is 0 Å². The SMILES string of the molecule is C/C=C\Oc1ccc2c(c1)OCO2. The Morgan fingerprint density at radius 1 is 1.31 bits per heavy atom. The molecule has 0 amide bonds. The van der Waals surface area contributed by atoms with E-state index in [1.54, 1.807) is 6.26 Å². The van der Waals surface area contributed by atoms with Crippen molar-refractivity contribution in [3.05, 3.63) is 30.5 Å². The number of ether oxygens (including phenoxy) is 3. The number of hydrogen-bond donors (Lipinski definition) is 0. The quantitative estimate of drug-likeness (QED) is 0.650. The maximum atomic E-state index is 5.26. The van der Waals surface area contributed by atoms with Crippen molar-refractivity contribution in [1.82, 2.24) is 0 Å². The zero-order valence-electron chi connectivity index (χ0n) is 7.32. The average molecular weight is 178 g/mol. The van der Waals surface area contributed by atoms with E-state index >= 15 is 0 Å². The van der Waals surface area contributed by atoms with E-state index in [4.69, 9.17) is 14.2 Å². The van der Waals surface area contributed by atoms with Gasteiger partial charge in [0.05, 0.1) is 6.26 Å². The average Bonchev–Trinajstić information content (AvgIpc) is 2.61. The molecule has 1 aliphatic heterocycles. The van der Waals surface area contributed by atoms with E-state index in [9.17, 15) is 0 Å². The van der Waals surface area contributed by atoms with Gasteiger partial charge in [0.25, 0.3) is 0 Å². The molecule has 0 saturated carbocycles. The van der Waals surface area contributed by atoms with Crippen LogP contribution in [-0.4, -0.2) is 6.79 Å². The molecule has 0 radical (unpaired) electrons. The Bertz CT molecular complexity index is 331. The molecule has 0 spiro atoms. The summed E-state index contributed by atoms with van der Waals surface area (Å²) >= 11 is 0. The van der Waals surface area contributed by atoms with Gasteiger partial charge in [-0.3, -0.25) is 0 Å². The molecular weight excluding hydrogens is 168 g/mol. The highest BCUT2D eigenvalue weighted by Gasteiger charge is 2.13. The van der Waals surface area contributed by atoms with Crippen LogP contribution in [0, 0.1) is 0 Å². The predicted octanol–water partition coefficient (Wildman–Crippen LogP) is 2.33. The Morgan fingerprint density at radius 3 is 3.00 bits per heavy atom. The molecule has 1 heterocycles. The van der Waals surface area contributed by atoms with Gasteiger partial charge in [0, 0.05) is 6.07 Å². The normalized spacial score (nSPS) is 13.6. The van der Waals surface area contributed by atoms with Crippen molar-refractivity contribution in [3.8, 4) is 17.2 Å². The van der Waals surface area contributed by atoms with Crippen molar-refractivity contribution in [2.45, 2.75) is 6.92 Å². The minimum Gasteiger partial charge on any atom is -0.465 e. The van der Waals surface area contributed by atoms with Crippen molar-refractivity contribution < 1.29 is 14.2 Å². The summed E-state index contributed by atoms with van der Waals surface area (Å²) < 4.78 is 15.6. The van der Waals surface area contributed by atoms with Crippen LogP contribution in [0.5, 0.6) is 17.2 Å².